The third kappa shape index (κ3) is 5.06. The number of sulfone groups is 1. The van der Waals surface area contributed by atoms with E-state index in [1.165, 1.54) is 36.2 Å². The SMILES string of the molecule is COc1ccc(NC(=O)CN(C)C(=O)c2cccc(S(C)(=O)=O)c2)cc1. The first-order chi connectivity index (χ1) is 12.2. The van der Waals surface area contributed by atoms with E-state index in [9.17, 15) is 18.0 Å². The fourth-order valence-electron chi connectivity index (χ4n) is 2.24. The predicted octanol–water partition coefficient (Wildman–Crippen LogP) is 1.81. The van der Waals surface area contributed by atoms with Crippen LogP contribution in [0.4, 0.5) is 5.69 Å². The third-order valence-electron chi connectivity index (χ3n) is 3.61. The number of likely N-dealkylation sites (N-methyl/N-ethyl adjacent to an activating group) is 1. The van der Waals surface area contributed by atoms with Gasteiger partial charge in [0.15, 0.2) is 9.84 Å². The van der Waals surface area contributed by atoms with Gasteiger partial charge in [-0.25, -0.2) is 8.42 Å². The quantitative estimate of drug-likeness (QED) is 0.830. The average molecular weight is 376 g/mol. The molecule has 0 aliphatic rings. The van der Waals surface area contributed by atoms with Crippen LogP contribution in [0.5, 0.6) is 5.75 Å². The van der Waals surface area contributed by atoms with Crippen molar-refractivity contribution >= 4 is 27.3 Å². The molecule has 26 heavy (non-hydrogen) atoms. The van der Waals surface area contributed by atoms with E-state index in [1.54, 1.807) is 31.4 Å². The zero-order valence-corrected chi connectivity index (χ0v) is 15.5. The first kappa shape index (κ1) is 19.5. The smallest absolute Gasteiger partial charge is 0.254 e. The molecule has 0 aromatic heterocycles. The molecule has 0 unspecified atom stereocenters. The molecule has 0 spiro atoms. The summed E-state index contributed by atoms with van der Waals surface area (Å²) in [6.07, 6.45) is 1.07. The lowest BCUT2D eigenvalue weighted by Crippen LogP contribution is -2.35. The van der Waals surface area contributed by atoms with Gasteiger partial charge in [0.05, 0.1) is 18.6 Å². The highest BCUT2D eigenvalue weighted by atomic mass is 32.2. The Labute approximate surface area is 152 Å². The van der Waals surface area contributed by atoms with Gasteiger partial charge < -0.3 is 15.0 Å². The molecule has 0 saturated carbocycles. The van der Waals surface area contributed by atoms with Crippen LogP contribution in [-0.2, 0) is 14.6 Å². The van der Waals surface area contributed by atoms with E-state index < -0.39 is 15.7 Å². The van der Waals surface area contributed by atoms with Crippen molar-refractivity contribution in [3.63, 3.8) is 0 Å². The number of rotatable bonds is 6. The van der Waals surface area contributed by atoms with Gasteiger partial charge in [-0.1, -0.05) is 6.07 Å². The Morgan fingerprint density at radius 3 is 2.35 bits per heavy atom. The summed E-state index contributed by atoms with van der Waals surface area (Å²) >= 11 is 0. The Morgan fingerprint density at radius 2 is 1.77 bits per heavy atom. The molecule has 7 nitrogen and oxygen atoms in total. The second kappa shape index (κ2) is 8.01. The number of hydrogen-bond acceptors (Lipinski definition) is 5. The molecule has 0 saturated heterocycles. The van der Waals surface area contributed by atoms with E-state index in [2.05, 4.69) is 5.32 Å². The highest BCUT2D eigenvalue weighted by Gasteiger charge is 2.17. The topological polar surface area (TPSA) is 92.8 Å². The maximum absolute atomic E-state index is 12.4. The summed E-state index contributed by atoms with van der Waals surface area (Å²) in [6.45, 7) is -0.173. The molecule has 1 N–H and O–H groups in total. The van der Waals surface area contributed by atoms with Crippen LogP contribution in [0.2, 0.25) is 0 Å². The van der Waals surface area contributed by atoms with E-state index in [4.69, 9.17) is 4.74 Å². The molecule has 0 heterocycles. The van der Waals surface area contributed by atoms with E-state index in [-0.39, 0.29) is 22.9 Å². The maximum Gasteiger partial charge on any atom is 0.254 e. The molecule has 2 aromatic rings. The highest BCUT2D eigenvalue weighted by Crippen LogP contribution is 2.15. The van der Waals surface area contributed by atoms with Crippen LogP contribution >= 0.6 is 0 Å². The Bertz CT molecular complexity index is 907. The number of carbonyl (C=O) groups is 2. The molecule has 0 atom stereocenters. The first-order valence-corrected chi connectivity index (χ1v) is 9.59. The standard InChI is InChI=1S/C18H20N2O5S/c1-20(12-17(21)19-14-7-9-15(25-2)10-8-14)18(22)13-5-4-6-16(11-13)26(3,23)24/h4-11H,12H2,1-3H3,(H,19,21). The zero-order chi connectivity index (χ0) is 19.3. The number of ether oxygens (including phenoxy) is 1. The third-order valence-corrected chi connectivity index (χ3v) is 4.72. The van der Waals surface area contributed by atoms with Crippen molar-refractivity contribution in [3.05, 3.63) is 54.1 Å². The molecule has 2 rings (SSSR count). The summed E-state index contributed by atoms with van der Waals surface area (Å²) in [6, 6.07) is 12.5. The lowest BCUT2D eigenvalue weighted by molar-refractivity contribution is -0.116. The minimum absolute atomic E-state index is 0.0550. The van der Waals surface area contributed by atoms with Gasteiger partial charge in [0.1, 0.15) is 5.75 Å². The normalized spacial score (nSPS) is 10.9. The number of nitrogens with zero attached hydrogens (tertiary/aromatic N) is 1. The molecule has 2 aromatic carbocycles. The number of hydrogen-bond donors (Lipinski definition) is 1. The molecule has 2 amide bonds. The summed E-state index contributed by atoms with van der Waals surface area (Å²) in [4.78, 5) is 25.8. The highest BCUT2D eigenvalue weighted by molar-refractivity contribution is 7.90. The van der Waals surface area contributed by atoms with E-state index in [0.29, 0.717) is 11.4 Å². The van der Waals surface area contributed by atoms with Gasteiger partial charge in [-0.05, 0) is 42.5 Å². The van der Waals surface area contributed by atoms with Crippen molar-refractivity contribution in [3.8, 4) is 5.75 Å². The van der Waals surface area contributed by atoms with Gasteiger partial charge in [-0.15, -0.1) is 0 Å². The van der Waals surface area contributed by atoms with Gasteiger partial charge >= 0.3 is 0 Å². The largest absolute Gasteiger partial charge is 0.497 e. The van der Waals surface area contributed by atoms with E-state index in [0.717, 1.165) is 6.26 Å². The predicted molar refractivity (Wildman–Crippen MR) is 98.1 cm³/mol. The van der Waals surface area contributed by atoms with Crippen LogP contribution in [0.1, 0.15) is 10.4 Å². The fourth-order valence-corrected chi connectivity index (χ4v) is 2.91. The Morgan fingerprint density at radius 1 is 1.12 bits per heavy atom. The van der Waals surface area contributed by atoms with E-state index in [1.807, 2.05) is 0 Å². The number of amides is 2. The van der Waals surface area contributed by atoms with Crippen LogP contribution < -0.4 is 10.1 Å². The van der Waals surface area contributed by atoms with Gasteiger partial charge in [0, 0.05) is 24.6 Å². The fraction of sp³-hybridized carbons (Fsp3) is 0.222. The lowest BCUT2D eigenvalue weighted by Gasteiger charge is -2.17. The summed E-state index contributed by atoms with van der Waals surface area (Å²) < 4.78 is 28.3. The molecule has 138 valence electrons. The zero-order valence-electron chi connectivity index (χ0n) is 14.7. The van der Waals surface area contributed by atoms with Gasteiger partial charge in [0.25, 0.3) is 5.91 Å². The second-order valence-electron chi connectivity index (χ2n) is 5.74. The van der Waals surface area contributed by atoms with Gasteiger partial charge in [-0.3, -0.25) is 9.59 Å². The molecular formula is C18H20N2O5S. The number of nitrogens with one attached hydrogen (secondary N) is 1. The van der Waals surface area contributed by atoms with Crippen molar-refractivity contribution in [1.82, 2.24) is 4.90 Å². The van der Waals surface area contributed by atoms with Crippen molar-refractivity contribution in [2.24, 2.45) is 0 Å². The summed E-state index contributed by atoms with van der Waals surface area (Å²) in [5.41, 5.74) is 0.781. The Kier molecular flexibility index (Phi) is 5.99. The minimum atomic E-state index is -3.41. The molecule has 8 heteroatoms. The van der Waals surface area contributed by atoms with Crippen molar-refractivity contribution in [2.75, 3.05) is 32.3 Å². The molecular weight excluding hydrogens is 356 g/mol. The minimum Gasteiger partial charge on any atom is -0.497 e. The Hall–Kier alpha value is -2.87. The summed E-state index contributed by atoms with van der Waals surface area (Å²) in [7, 11) is -0.391. The number of anilines is 1. The molecule has 0 aliphatic carbocycles. The van der Waals surface area contributed by atoms with Crippen LogP contribution in [0, 0.1) is 0 Å². The van der Waals surface area contributed by atoms with Crippen LogP contribution in [0.15, 0.2) is 53.4 Å². The van der Waals surface area contributed by atoms with Crippen molar-refractivity contribution < 1.29 is 22.7 Å². The molecule has 0 fully saturated rings. The van der Waals surface area contributed by atoms with E-state index >= 15 is 0 Å². The number of methoxy groups -OCH3 is 1. The van der Waals surface area contributed by atoms with Crippen LogP contribution in [0.25, 0.3) is 0 Å². The second-order valence-corrected chi connectivity index (χ2v) is 7.75. The van der Waals surface area contributed by atoms with Crippen LogP contribution in [0.3, 0.4) is 0 Å². The molecule has 0 radical (unpaired) electrons. The molecule has 0 bridgehead atoms. The average Bonchev–Trinajstić information content (AvgIpc) is 2.61. The monoisotopic (exact) mass is 376 g/mol. The summed E-state index contributed by atoms with van der Waals surface area (Å²) in [5.74, 6) is -0.147. The number of benzene rings is 2. The van der Waals surface area contributed by atoms with Crippen LogP contribution in [-0.4, -0.2) is 52.1 Å². The Balaban J connectivity index is 2.03. The number of carbonyl (C=O) groups excluding carboxylic acids is 2. The lowest BCUT2D eigenvalue weighted by atomic mass is 10.2. The van der Waals surface area contributed by atoms with Gasteiger partial charge in [0.2, 0.25) is 5.91 Å². The molecule has 0 aliphatic heterocycles. The first-order valence-electron chi connectivity index (χ1n) is 7.70. The summed E-state index contributed by atoms with van der Waals surface area (Å²) in [5, 5.41) is 2.68. The van der Waals surface area contributed by atoms with Crippen molar-refractivity contribution in [2.45, 2.75) is 4.90 Å². The van der Waals surface area contributed by atoms with Gasteiger partial charge in [-0.2, -0.15) is 0 Å². The maximum atomic E-state index is 12.4. The van der Waals surface area contributed by atoms with Crippen molar-refractivity contribution in [1.29, 1.82) is 0 Å².